The quantitative estimate of drug-likeness (QED) is 0.839. The van der Waals surface area contributed by atoms with Crippen LogP contribution in [-0.2, 0) is 0 Å². The van der Waals surface area contributed by atoms with E-state index in [2.05, 4.69) is 21.2 Å². The van der Waals surface area contributed by atoms with Crippen molar-refractivity contribution in [3.8, 4) is 0 Å². The number of carbonyl (C=O) groups is 1. The molecule has 0 aliphatic heterocycles. The van der Waals surface area contributed by atoms with Crippen LogP contribution in [-0.4, -0.2) is 17.3 Å². The van der Waals surface area contributed by atoms with Gasteiger partial charge in [0.05, 0.1) is 5.56 Å². The Bertz CT molecular complexity index is 322. The maximum atomic E-state index is 11.6. The molecule has 0 saturated carbocycles. The molecule has 0 aliphatic rings. The summed E-state index contributed by atoms with van der Waals surface area (Å²) in [6, 6.07) is 1.94. The minimum atomic E-state index is -0.0612. The molecule has 0 saturated heterocycles. The van der Waals surface area contributed by atoms with Crippen molar-refractivity contribution in [3.63, 3.8) is 0 Å². The Labute approximate surface area is 98.4 Å². The molecule has 1 heterocycles. The second-order valence-corrected chi connectivity index (χ2v) is 4.44. The Hall–Kier alpha value is -0.770. The fourth-order valence-electron chi connectivity index (χ4n) is 1.33. The summed E-state index contributed by atoms with van der Waals surface area (Å²) in [5.74, 6) is 0.696. The van der Waals surface area contributed by atoms with Crippen LogP contribution in [0.3, 0.4) is 0 Å². The molecule has 15 heavy (non-hydrogen) atoms. The van der Waals surface area contributed by atoms with Crippen molar-refractivity contribution in [1.82, 2.24) is 5.32 Å². The largest absolute Gasteiger partial charge is 0.469 e. The van der Waals surface area contributed by atoms with Crippen LogP contribution in [0, 0.1) is 6.92 Å². The Morgan fingerprint density at radius 3 is 2.93 bits per heavy atom. The van der Waals surface area contributed by atoms with E-state index in [1.807, 2.05) is 13.8 Å². The van der Waals surface area contributed by atoms with Gasteiger partial charge in [-0.15, -0.1) is 0 Å². The van der Waals surface area contributed by atoms with Gasteiger partial charge in [0.15, 0.2) is 0 Å². The maximum Gasteiger partial charge on any atom is 0.254 e. The lowest BCUT2D eigenvalue weighted by molar-refractivity contribution is 0.0938. The van der Waals surface area contributed by atoms with E-state index in [0.29, 0.717) is 5.56 Å². The normalized spacial score (nSPS) is 12.5. The second-order valence-electron chi connectivity index (χ2n) is 3.65. The lowest BCUT2D eigenvalue weighted by Gasteiger charge is -2.11. The molecular formula is C11H16BrNO2. The molecule has 1 aromatic rings. The van der Waals surface area contributed by atoms with E-state index >= 15 is 0 Å². The van der Waals surface area contributed by atoms with Crippen molar-refractivity contribution < 1.29 is 9.21 Å². The van der Waals surface area contributed by atoms with Gasteiger partial charge in [0, 0.05) is 11.4 Å². The number of halogens is 1. The molecule has 0 spiro atoms. The first-order chi connectivity index (χ1) is 7.13. The first-order valence-corrected chi connectivity index (χ1v) is 6.17. The average molecular weight is 274 g/mol. The molecule has 1 atom stereocenters. The highest BCUT2D eigenvalue weighted by Crippen LogP contribution is 2.07. The molecule has 1 unspecified atom stereocenters. The number of furan rings is 1. The standard InChI is InChI=1S/C11H16BrNO2/c1-8(4-3-5-12)13-11(14)10-6-9(2)15-7-10/h6-8H,3-5H2,1-2H3,(H,13,14). The zero-order valence-corrected chi connectivity index (χ0v) is 10.6. The van der Waals surface area contributed by atoms with Gasteiger partial charge < -0.3 is 9.73 Å². The fraction of sp³-hybridized carbons (Fsp3) is 0.545. The molecule has 0 fully saturated rings. The zero-order chi connectivity index (χ0) is 11.3. The molecule has 84 valence electrons. The van der Waals surface area contributed by atoms with Gasteiger partial charge in [0.25, 0.3) is 5.91 Å². The van der Waals surface area contributed by atoms with Gasteiger partial charge in [-0.2, -0.15) is 0 Å². The SMILES string of the molecule is Cc1cc(C(=O)NC(C)CCCBr)co1. The van der Waals surface area contributed by atoms with Crippen molar-refractivity contribution in [1.29, 1.82) is 0 Å². The molecule has 1 aromatic heterocycles. The lowest BCUT2D eigenvalue weighted by Crippen LogP contribution is -2.32. The number of hydrogen-bond donors (Lipinski definition) is 1. The van der Waals surface area contributed by atoms with Gasteiger partial charge in [-0.25, -0.2) is 0 Å². The number of alkyl halides is 1. The van der Waals surface area contributed by atoms with Crippen LogP contribution < -0.4 is 5.32 Å². The monoisotopic (exact) mass is 273 g/mol. The van der Waals surface area contributed by atoms with E-state index in [4.69, 9.17) is 4.42 Å². The van der Waals surface area contributed by atoms with Crippen LogP contribution in [0.5, 0.6) is 0 Å². The molecule has 0 aromatic carbocycles. The lowest BCUT2D eigenvalue weighted by atomic mass is 10.2. The summed E-state index contributed by atoms with van der Waals surface area (Å²) in [4.78, 5) is 11.6. The minimum Gasteiger partial charge on any atom is -0.469 e. The fourth-order valence-corrected chi connectivity index (χ4v) is 1.65. The van der Waals surface area contributed by atoms with Crippen LogP contribution in [0.15, 0.2) is 16.7 Å². The highest BCUT2D eigenvalue weighted by Gasteiger charge is 2.11. The smallest absolute Gasteiger partial charge is 0.254 e. The van der Waals surface area contributed by atoms with Gasteiger partial charge in [0.1, 0.15) is 12.0 Å². The number of nitrogens with one attached hydrogen (secondary N) is 1. The van der Waals surface area contributed by atoms with Gasteiger partial charge >= 0.3 is 0 Å². The third-order valence-corrected chi connectivity index (χ3v) is 2.70. The summed E-state index contributed by atoms with van der Waals surface area (Å²) < 4.78 is 5.08. The third-order valence-electron chi connectivity index (χ3n) is 2.14. The number of aryl methyl sites for hydroxylation is 1. The summed E-state index contributed by atoms with van der Waals surface area (Å²) in [5.41, 5.74) is 0.596. The molecule has 0 radical (unpaired) electrons. The summed E-state index contributed by atoms with van der Waals surface area (Å²) in [7, 11) is 0. The first kappa shape index (κ1) is 12.3. The molecule has 4 heteroatoms. The summed E-state index contributed by atoms with van der Waals surface area (Å²) >= 11 is 3.36. The van der Waals surface area contributed by atoms with E-state index < -0.39 is 0 Å². The van der Waals surface area contributed by atoms with Crippen LogP contribution in [0.2, 0.25) is 0 Å². The Morgan fingerprint density at radius 1 is 1.67 bits per heavy atom. The van der Waals surface area contributed by atoms with Crippen molar-refractivity contribution in [2.75, 3.05) is 5.33 Å². The molecule has 1 amide bonds. The zero-order valence-electron chi connectivity index (χ0n) is 9.05. The highest BCUT2D eigenvalue weighted by atomic mass is 79.9. The predicted molar refractivity (Wildman–Crippen MR) is 63.4 cm³/mol. The summed E-state index contributed by atoms with van der Waals surface area (Å²) in [5, 5.41) is 3.89. The van der Waals surface area contributed by atoms with E-state index in [9.17, 15) is 4.79 Å². The van der Waals surface area contributed by atoms with Gasteiger partial charge in [-0.1, -0.05) is 15.9 Å². The van der Waals surface area contributed by atoms with Gasteiger partial charge in [-0.3, -0.25) is 4.79 Å². The van der Waals surface area contributed by atoms with Crippen molar-refractivity contribution >= 4 is 21.8 Å². The number of amides is 1. The van der Waals surface area contributed by atoms with E-state index in [0.717, 1.165) is 23.9 Å². The highest BCUT2D eigenvalue weighted by molar-refractivity contribution is 9.09. The van der Waals surface area contributed by atoms with E-state index in [1.165, 1.54) is 6.26 Å². The topological polar surface area (TPSA) is 42.2 Å². The third kappa shape index (κ3) is 4.08. The number of rotatable bonds is 5. The molecular weight excluding hydrogens is 258 g/mol. The maximum absolute atomic E-state index is 11.6. The van der Waals surface area contributed by atoms with Crippen LogP contribution in [0.1, 0.15) is 35.9 Å². The number of hydrogen-bond acceptors (Lipinski definition) is 2. The Morgan fingerprint density at radius 2 is 2.40 bits per heavy atom. The molecule has 0 aliphatic carbocycles. The molecule has 1 N–H and O–H groups in total. The Balaban J connectivity index is 2.42. The summed E-state index contributed by atoms with van der Waals surface area (Å²) in [6.07, 6.45) is 3.53. The summed E-state index contributed by atoms with van der Waals surface area (Å²) in [6.45, 7) is 3.83. The predicted octanol–water partition coefficient (Wildman–Crippen LogP) is 2.88. The molecule has 1 rings (SSSR count). The first-order valence-electron chi connectivity index (χ1n) is 5.05. The van der Waals surface area contributed by atoms with Crippen molar-refractivity contribution in [3.05, 3.63) is 23.7 Å². The van der Waals surface area contributed by atoms with E-state index in [-0.39, 0.29) is 11.9 Å². The van der Waals surface area contributed by atoms with E-state index in [1.54, 1.807) is 6.07 Å². The van der Waals surface area contributed by atoms with Crippen molar-refractivity contribution in [2.24, 2.45) is 0 Å². The number of carbonyl (C=O) groups excluding carboxylic acids is 1. The molecule has 0 bridgehead atoms. The van der Waals surface area contributed by atoms with Gasteiger partial charge in [-0.05, 0) is 32.8 Å². The van der Waals surface area contributed by atoms with Crippen LogP contribution in [0.25, 0.3) is 0 Å². The van der Waals surface area contributed by atoms with Gasteiger partial charge in [0.2, 0.25) is 0 Å². The average Bonchev–Trinajstić information content (AvgIpc) is 2.61. The minimum absolute atomic E-state index is 0.0612. The Kier molecular flexibility index (Phi) is 4.88. The van der Waals surface area contributed by atoms with Crippen LogP contribution >= 0.6 is 15.9 Å². The van der Waals surface area contributed by atoms with Crippen molar-refractivity contribution in [2.45, 2.75) is 32.7 Å². The molecule has 3 nitrogen and oxygen atoms in total. The van der Waals surface area contributed by atoms with Crippen LogP contribution in [0.4, 0.5) is 0 Å². The second kappa shape index (κ2) is 5.95.